The van der Waals surface area contributed by atoms with Gasteiger partial charge in [0.15, 0.2) is 5.82 Å². The third kappa shape index (κ3) is 2.76. The van der Waals surface area contributed by atoms with Gasteiger partial charge in [-0.25, -0.2) is 9.97 Å². The van der Waals surface area contributed by atoms with Gasteiger partial charge in [0.2, 0.25) is 0 Å². The van der Waals surface area contributed by atoms with E-state index >= 15 is 0 Å². The molecule has 25 heavy (non-hydrogen) atoms. The quantitative estimate of drug-likeness (QED) is 0.759. The second-order valence-corrected chi connectivity index (χ2v) is 6.87. The van der Waals surface area contributed by atoms with Gasteiger partial charge in [0.25, 0.3) is 0 Å². The van der Waals surface area contributed by atoms with Crippen molar-refractivity contribution in [3.8, 4) is 0 Å². The Morgan fingerprint density at radius 1 is 1.12 bits per heavy atom. The average molecular weight is 339 g/mol. The largest absolute Gasteiger partial charge is 0.381 e. The highest BCUT2D eigenvalue weighted by Gasteiger charge is 2.24. The summed E-state index contributed by atoms with van der Waals surface area (Å²) in [7, 11) is 0. The van der Waals surface area contributed by atoms with Crippen molar-refractivity contribution in [2.45, 2.75) is 44.1 Å². The number of fused-ring (bicyclic) bond motifs is 1. The van der Waals surface area contributed by atoms with Crippen LogP contribution in [-0.4, -0.2) is 43.2 Å². The van der Waals surface area contributed by atoms with Crippen molar-refractivity contribution in [3.63, 3.8) is 0 Å². The summed E-state index contributed by atoms with van der Waals surface area (Å²) in [5.41, 5.74) is 2.62. The lowest BCUT2D eigenvalue weighted by Gasteiger charge is -2.24. The summed E-state index contributed by atoms with van der Waals surface area (Å²) in [5.74, 6) is 2.17. The van der Waals surface area contributed by atoms with E-state index in [9.17, 15) is 0 Å². The molecule has 0 bridgehead atoms. The number of hydrogen-bond donors (Lipinski definition) is 2. The van der Waals surface area contributed by atoms with Gasteiger partial charge in [0.05, 0.1) is 24.1 Å². The number of anilines is 2. The van der Waals surface area contributed by atoms with Crippen molar-refractivity contribution in [1.29, 1.82) is 0 Å². The van der Waals surface area contributed by atoms with Crippen molar-refractivity contribution in [3.05, 3.63) is 24.4 Å². The molecule has 2 fully saturated rings. The molecule has 0 spiro atoms. The topological polar surface area (TPSA) is 93.5 Å². The van der Waals surface area contributed by atoms with Crippen LogP contribution < -0.4 is 5.32 Å². The Labute approximate surface area is 145 Å². The van der Waals surface area contributed by atoms with Crippen LogP contribution in [0.5, 0.6) is 0 Å². The number of rotatable bonds is 4. The Morgan fingerprint density at radius 3 is 2.80 bits per heavy atom. The normalized spacial score (nSPS) is 19.2. The zero-order chi connectivity index (χ0) is 16.6. The maximum absolute atomic E-state index is 5.43. The first kappa shape index (κ1) is 14.8. The summed E-state index contributed by atoms with van der Waals surface area (Å²) in [6.07, 6.45) is 11.3. The third-order valence-corrected chi connectivity index (χ3v) is 5.22. The molecule has 4 heterocycles. The number of aromatic amines is 1. The second kappa shape index (κ2) is 6.11. The van der Waals surface area contributed by atoms with Crippen LogP contribution in [0.3, 0.4) is 0 Å². The molecule has 1 saturated heterocycles. The standard InChI is InChI=1S/C17H21N7O/c1-2-11(3-1)16-21-14-9-18-23-15(14)17(22-16)20-12-8-19-24(10-12)13-4-6-25-7-5-13/h8-11,13H,1-7H2,(H,18,23)(H,20,21,22). The predicted octanol–water partition coefficient (Wildman–Crippen LogP) is 2.91. The average Bonchev–Trinajstić information content (AvgIpc) is 3.23. The molecule has 3 aromatic rings. The first-order valence-electron chi connectivity index (χ1n) is 8.97. The fourth-order valence-corrected chi connectivity index (χ4v) is 3.49. The first-order chi connectivity index (χ1) is 12.4. The number of nitrogens with one attached hydrogen (secondary N) is 2. The summed E-state index contributed by atoms with van der Waals surface area (Å²) >= 11 is 0. The molecular formula is C17H21N7O. The van der Waals surface area contributed by atoms with E-state index in [0.29, 0.717) is 12.0 Å². The molecule has 2 N–H and O–H groups in total. The predicted molar refractivity (Wildman–Crippen MR) is 92.9 cm³/mol. The van der Waals surface area contributed by atoms with Crippen LogP contribution in [0.1, 0.15) is 49.9 Å². The summed E-state index contributed by atoms with van der Waals surface area (Å²) < 4.78 is 7.46. The van der Waals surface area contributed by atoms with Gasteiger partial charge in [0.1, 0.15) is 16.9 Å². The highest BCUT2D eigenvalue weighted by Crippen LogP contribution is 2.36. The van der Waals surface area contributed by atoms with Crippen LogP contribution in [-0.2, 0) is 4.74 Å². The third-order valence-electron chi connectivity index (χ3n) is 5.22. The summed E-state index contributed by atoms with van der Waals surface area (Å²) in [6, 6.07) is 0.410. The van der Waals surface area contributed by atoms with E-state index in [1.165, 1.54) is 19.3 Å². The van der Waals surface area contributed by atoms with Crippen molar-refractivity contribution in [2.24, 2.45) is 0 Å². The number of aromatic nitrogens is 6. The summed E-state index contributed by atoms with van der Waals surface area (Å²) in [5, 5.41) is 15.0. The van der Waals surface area contributed by atoms with E-state index in [1.807, 2.05) is 17.1 Å². The van der Waals surface area contributed by atoms with Crippen LogP contribution in [0.25, 0.3) is 11.0 Å². The monoisotopic (exact) mass is 339 g/mol. The Kier molecular flexibility index (Phi) is 3.62. The van der Waals surface area contributed by atoms with Gasteiger partial charge < -0.3 is 10.1 Å². The van der Waals surface area contributed by atoms with Gasteiger partial charge in [-0.15, -0.1) is 0 Å². The van der Waals surface area contributed by atoms with Crippen LogP contribution >= 0.6 is 0 Å². The highest BCUT2D eigenvalue weighted by molar-refractivity contribution is 5.86. The molecule has 3 aromatic heterocycles. The minimum absolute atomic E-state index is 0.410. The van der Waals surface area contributed by atoms with E-state index in [4.69, 9.17) is 9.72 Å². The first-order valence-corrected chi connectivity index (χ1v) is 8.97. The number of hydrogen-bond acceptors (Lipinski definition) is 6. The molecule has 0 aromatic carbocycles. The van der Waals surface area contributed by atoms with Crippen LogP contribution in [0, 0.1) is 0 Å². The molecule has 1 aliphatic carbocycles. The zero-order valence-electron chi connectivity index (χ0n) is 14.0. The smallest absolute Gasteiger partial charge is 0.160 e. The minimum atomic E-state index is 0.410. The van der Waals surface area contributed by atoms with Gasteiger partial charge in [-0.1, -0.05) is 6.42 Å². The molecule has 130 valence electrons. The number of H-pyrrole nitrogens is 1. The van der Waals surface area contributed by atoms with E-state index in [-0.39, 0.29) is 0 Å². The van der Waals surface area contributed by atoms with Crippen LogP contribution in [0.2, 0.25) is 0 Å². The minimum Gasteiger partial charge on any atom is -0.381 e. The molecule has 0 amide bonds. The lowest BCUT2D eigenvalue weighted by molar-refractivity contribution is 0.0662. The van der Waals surface area contributed by atoms with Gasteiger partial charge in [-0.2, -0.15) is 10.2 Å². The molecule has 5 rings (SSSR count). The Balaban J connectivity index is 1.43. The maximum atomic E-state index is 5.43. The van der Waals surface area contributed by atoms with Crippen molar-refractivity contribution >= 4 is 22.5 Å². The van der Waals surface area contributed by atoms with E-state index in [2.05, 4.69) is 25.6 Å². The number of ether oxygens (including phenoxy) is 1. The SMILES string of the molecule is c1nn(C2CCOCC2)cc1Nc1nc(C2CCC2)nc2cn[nH]c12. The lowest BCUT2D eigenvalue weighted by Crippen LogP contribution is -2.19. The van der Waals surface area contributed by atoms with Gasteiger partial charge in [-0.05, 0) is 25.7 Å². The van der Waals surface area contributed by atoms with E-state index in [0.717, 1.165) is 54.4 Å². The fraction of sp³-hybridized carbons (Fsp3) is 0.529. The molecule has 0 atom stereocenters. The van der Waals surface area contributed by atoms with Crippen molar-refractivity contribution in [2.75, 3.05) is 18.5 Å². The molecule has 2 aliphatic rings. The van der Waals surface area contributed by atoms with E-state index in [1.54, 1.807) is 6.20 Å². The van der Waals surface area contributed by atoms with Crippen molar-refractivity contribution in [1.82, 2.24) is 29.9 Å². The molecule has 8 nitrogen and oxygen atoms in total. The number of nitrogens with zero attached hydrogens (tertiary/aromatic N) is 5. The van der Waals surface area contributed by atoms with Gasteiger partial charge in [0, 0.05) is 25.3 Å². The van der Waals surface area contributed by atoms with Gasteiger partial charge >= 0.3 is 0 Å². The van der Waals surface area contributed by atoms with Gasteiger partial charge in [-0.3, -0.25) is 9.78 Å². The fourth-order valence-electron chi connectivity index (χ4n) is 3.49. The van der Waals surface area contributed by atoms with Crippen LogP contribution in [0.4, 0.5) is 11.5 Å². The molecule has 8 heteroatoms. The summed E-state index contributed by atoms with van der Waals surface area (Å²) in [4.78, 5) is 9.42. The molecule has 1 aliphatic heterocycles. The van der Waals surface area contributed by atoms with Crippen LogP contribution in [0.15, 0.2) is 18.6 Å². The molecule has 0 unspecified atom stereocenters. The Bertz CT molecular complexity index is 876. The molecule has 1 saturated carbocycles. The zero-order valence-corrected chi connectivity index (χ0v) is 14.0. The molecular weight excluding hydrogens is 318 g/mol. The maximum Gasteiger partial charge on any atom is 0.160 e. The Morgan fingerprint density at radius 2 is 2.00 bits per heavy atom. The van der Waals surface area contributed by atoms with Crippen molar-refractivity contribution < 1.29 is 4.74 Å². The highest BCUT2D eigenvalue weighted by atomic mass is 16.5. The Hall–Kier alpha value is -2.48. The van der Waals surface area contributed by atoms with E-state index < -0.39 is 0 Å². The molecule has 0 radical (unpaired) electrons. The summed E-state index contributed by atoms with van der Waals surface area (Å²) in [6.45, 7) is 1.61. The second-order valence-electron chi connectivity index (χ2n) is 6.87. The lowest BCUT2D eigenvalue weighted by atomic mass is 9.85.